The Balaban J connectivity index is 2.03. The van der Waals surface area contributed by atoms with E-state index in [2.05, 4.69) is 21.3 Å². The first-order valence-corrected chi connectivity index (χ1v) is 11.4. The fraction of sp³-hybridized carbons (Fsp3) is 0.292. The second-order valence-corrected chi connectivity index (χ2v) is 8.18. The molecule has 0 saturated carbocycles. The lowest BCUT2D eigenvalue weighted by Crippen LogP contribution is -2.26. The molecule has 0 heterocycles. The van der Waals surface area contributed by atoms with Crippen molar-refractivity contribution in [3.63, 3.8) is 0 Å². The Labute approximate surface area is 221 Å². The molecule has 0 amide bonds. The van der Waals surface area contributed by atoms with Gasteiger partial charge in [0.1, 0.15) is 23.9 Å². The van der Waals surface area contributed by atoms with Gasteiger partial charge in [-0.25, -0.2) is 4.79 Å². The largest absolute Gasteiger partial charge is 0.573 e. The molecular weight excluding hydrogens is 625 g/mol. The van der Waals surface area contributed by atoms with Crippen molar-refractivity contribution in [2.24, 2.45) is 0 Å². The van der Waals surface area contributed by atoms with Gasteiger partial charge in [-0.3, -0.25) is 0 Å². The van der Waals surface area contributed by atoms with Crippen molar-refractivity contribution in [1.29, 1.82) is 0 Å². The number of carbonyl (C=O) groups is 1. The number of hydrogen-bond acceptors (Lipinski definition) is 5. The van der Waals surface area contributed by atoms with Crippen LogP contribution in [-0.4, -0.2) is 43.1 Å². The minimum Gasteiger partial charge on any atom is -0.488 e. The summed E-state index contributed by atoms with van der Waals surface area (Å²) in [4.78, 5) is 11.2. The van der Waals surface area contributed by atoms with E-state index in [4.69, 9.17) is 9.47 Å². The van der Waals surface area contributed by atoms with Crippen LogP contribution in [0.3, 0.4) is 0 Å². The lowest BCUT2D eigenvalue weighted by Gasteiger charge is -2.13. The molecule has 6 nitrogen and oxygen atoms in total. The van der Waals surface area contributed by atoms with E-state index in [0.717, 1.165) is 17.7 Å². The number of hydrogen-bond donors (Lipinski definition) is 1. The van der Waals surface area contributed by atoms with E-state index in [1.807, 2.05) is 22.6 Å². The number of halogens is 7. The SMILES string of the molecule is CCO[C@@H](Cc1ccc(OC/C=C/C#Cc2cc(OC(F)(F)F)cc(OC(F)(F)F)c2)c(I)c1)C(=O)O. The van der Waals surface area contributed by atoms with Crippen LogP contribution in [0, 0.1) is 15.4 Å². The fourth-order valence-corrected chi connectivity index (χ4v) is 3.56. The Kier molecular flexibility index (Phi) is 10.9. The molecular formula is C24H19F6IO6. The number of carboxylic acid groups (broad SMARTS) is 1. The van der Waals surface area contributed by atoms with E-state index >= 15 is 0 Å². The lowest BCUT2D eigenvalue weighted by molar-refractivity contribution is -0.276. The van der Waals surface area contributed by atoms with Crippen LogP contribution in [0.2, 0.25) is 0 Å². The molecule has 1 atom stereocenters. The standard InChI is InChI=1S/C24H19F6IO6/c1-2-34-21(22(32)33)13-16-7-8-20(19(31)12-16)35-9-5-3-4-6-15-10-17(36-23(25,26)27)14-18(11-15)37-24(28,29)30/h3,5,7-8,10-12,14,21H,2,9,13H2,1H3,(H,32,33)/b5-3+/t21-/m0/s1. The highest BCUT2D eigenvalue weighted by Gasteiger charge is 2.33. The summed E-state index contributed by atoms with van der Waals surface area (Å²) >= 11 is 2.02. The molecule has 200 valence electrons. The maximum absolute atomic E-state index is 12.5. The van der Waals surface area contributed by atoms with Gasteiger partial charge in [-0.1, -0.05) is 17.9 Å². The van der Waals surface area contributed by atoms with Crippen LogP contribution in [0.5, 0.6) is 17.2 Å². The van der Waals surface area contributed by atoms with Gasteiger partial charge in [0.2, 0.25) is 0 Å². The number of allylic oxidation sites excluding steroid dienone is 1. The predicted octanol–water partition coefficient (Wildman–Crippen LogP) is 6.11. The minimum absolute atomic E-state index is 0.0559. The third-order valence-electron chi connectivity index (χ3n) is 4.16. The van der Waals surface area contributed by atoms with Gasteiger partial charge in [0, 0.05) is 24.7 Å². The number of alkyl halides is 6. The summed E-state index contributed by atoms with van der Waals surface area (Å²) in [6.45, 7) is 2.02. The quantitative estimate of drug-likeness (QED) is 0.191. The lowest BCUT2D eigenvalue weighted by atomic mass is 10.1. The van der Waals surface area contributed by atoms with E-state index < -0.39 is 36.3 Å². The van der Waals surface area contributed by atoms with Gasteiger partial charge in [0.25, 0.3) is 0 Å². The summed E-state index contributed by atoms with van der Waals surface area (Å²) in [7, 11) is 0. The third kappa shape index (κ3) is 11.6. The van der Waals surface area contributed by atoms with Crippen molar-refractivity contribution in [2.75, 3.05) is 13.2 Å². The second kappa shape index (κ2) is 13.4. The molecule has 2 rings (SSSR count). The summed E-state index contributed by atoms with van der Waals surface area (Å²) in [6.07, 6.45) is -8.23. The number of ether oxygens (including phenoxy) is 4. The van der Waals surface area contributed by atoms with Crippen LogP contribution in [0.1, 0.15) is 18.1 Å². The van der Waals surface area contributed by atoms with E-state index in [9.17, 15) is 36.2 Å². The minimum atomic E-state index is -5.12. The van der Waals surface area contributed by atoms with Crippen molar-refractivity contribution in [3.05, 3.63) is 63.2 Å². The first-order valence-electron chi connectivity index (χ1n) is 10.3. The average molecular weight is 644 g/mol. The van der Waals surface area contributed by atoms with Gasteiger partial charge < -0.3 is 24.1 Å². The summed E-state index contributed by atoms with van der Waals surface area (Å²) < 4.78 is 93.6. The summed E-state index contributed by atoms with van der Waals surface area (Å²) in [5.74, 6) is 2.50. The van der Waals surface area contributed by atoms with Crippen molar-refractivity contribution >= 4 is 28.6 Å². The molecule has 0 saturated heterocycles. The highest BCUT2D eigenvalue weighted by atomic mass is 127. The molecule has 0 fully saturated rings. The summed E-state index contributed by atoms with van der Waals surface area (Å²) in [6, 6.07) is 7.20. The van der Waals surface area contributed by atoms with Crippen molar-refractivity contribution < 1.29 is 55.2 Å². The van der Waals surface area contributed by atoms with E-state index in [-0.39, 0.29) is 25.2 Å². The maximum Gasteiger partial charge on any atom is 0.573 e. The summed E-state index contributed by atoms with van der Waals surface area (Å²) in [5.41, 5.74) is 0.535. The Morgan fingerprint density at radius 3 is 2.19 bits per heavy atom. The van der Waals surface area contributed by atoms with Crippen LogP contribution >= 0.6 is 22.6 Å². The van der Waals surface area contributed by atoms with Crippen molar-refractivity contribution in [1.82, 2.24) is 0 Å². The molecule has 2 aromatic rings. The molecule has 0 aromatic heterocycles. The highest BCUT2D eigenvalue weighted by molar-refractivity contribution is 14.1. The normalized spacial score (nSPS) is 12.5. The van der Waals surface area contributed by atoms with E-state index in [1.54, 1.807) is 25.1 Å². The van der Waals surface area contributed by atoms with Crippen LogP contribution in [-0.2, 0) is 16.0 Å². The molecule has 1 N–H and O–H groups in total. The van der Waals surface area contributed by atoms with Crippen LogP contribution < -0.4 is 14.2 Å². The third-order valence-corrected chi connectivity index (χ3v) is 5.00. The Morgan fingerprint density at radius 2 is 1.68 bits per heavy atom. The molecule has 0 aliphatic carbocycles. The van der Waals surface area contributed by atoms with Gasteiger partial charge >= 0.3 is 18.7 Å². The zero-order valence-corrected chi connectivity index (χ0v) is 21.1. The first kappa shape index (κ1) is 30.1. The van der Waals surface area contributed by atoms with Crippen LogP contribution in [0.4, 0.5) is 26.3 Å². The van der Waals surface area contributed by atoms with E-state index in [1.165, 1.54) is 12.2 Å². The molecule has 0 bridgehead atoms. The molecule has 2 aromatic carbocycles. The van der Waals surface area contributed by atoms with Gasteiger partial charge in [-0.15, -0.1) is 26.3 Å². The topological polar surface area (TPSA) is 74.2 Å². The van der Waals surface area contributed by atoms with Crippen molar-refractivity contribution in [2.45, 2.75) is 32.2 Å². The first-order chi connectivity index (χ1) is 17.3. The Bertz CT molecular complexity index is 1130. The maximum atomic E-state index is 12.5. The zero-order chi connectivity index (χ0) is 27.6. The summed E-state index contributed by atoms with van der Waals surface area (Å²) in [5, 5.41) is 9.19. The predicted molar refractivity (Wildman–Crippen MR) is 127 cm³/mol. The van der Waals surface area contributed by atoms with Gasteiger partial charge in [-0.05, 0) is 71.5 Å². The zero-order valence-electron chi connectivity index (χ0n) is 19.0. The molecule has 0 radical (unpaired) electrons. The number of benzene rings is 2. The van der Waals surface area contributed by atoms with Gasteiger partial charge in [-0.2, -0.15) is 0 Å². The Morgan fingerprint density at radius 1 is 1.05 bits per heavy atom. The van der Waals surface area contributed by atoms with Crippen molar-refractivity contribution in [3.8, 4) is 29.1 Å². The fourth-order valence-electron chi connectivity index (χ4n) is 2.82. The van der Waals surface area contributed by atoms with E-state index in [0.29, 0.717) is 15.4 Å². The number of aliphatic carboxylic acids is 1. The van der Waals surface area contributed by atoms with Crippen LogP contribution in [0.15, 0.2) is 48.6 Å². The molecule has 37 heavy (non-hydrogen) atoms. The molecule has 0 spiro atoms. The van der Waals surface area contributed by atoms with Crippen LogP contribution in [0.25, 0.3) is 0 Å². The second-order valence-electron chi connectivity index (χ2n) is 7.02. The molecule has 0 aliphatic rings. The molecule has 0 unspecified atom stereocenters. The Hall–Kier alpha value is -3.12. The van der Waals surface area contributed by atoms with Gasteiger partial charge in [0.15, 0.2) is 6.10 Å². The molecule has 0 aliphatic heterocycles. The number of rotatable bonds is 10. The average Bonchev–Trinajstić information content (AvgIpc) is 2.74. The molecule has 13 heteroatoms. The number of carboxylic acids is 1. The highest BCUT2D eigenvalue weighted by Crippen LogP contribution is 2.31. The smallest absolute Gasteiger partial charge is 0.488 e. The monoisotopic (exact) mass is 644 g/mol. The van der Waals surface area contributed by atoms with Gasteiger partial charge in [0.05, 0.1) is 3.57 Å².